The minimum atomic E-state index is -3.76. The van der Waals surface area contributed by atoms with Gasteiger partial charge in [-0.05, 0) is 36.1 Å². The number of hydrogen-bond acceptors (Lipinski definition) is 6. The molecule has 1 fully saturated rings. The number of carbonyl (C=O) groups is 1. The fourth-order valence-electron chi connectivity index (χ4n) is 3.28. The van der Waals surface area contributed by atoms with Gasteiger partial charge in [0.15, 0.2) is 9.84 Å². The molecule has 29 heavy (non-hydrogen) atoms. The van der Waals surface area contributed by atoms with Gasteiger partial charge in [0.25, 0.3) is 5.91 Å². The van der Waals surface area contributed by atoms with Crippen LogP contribution in [0.1, 0.15) is 54.0 Å². The molecule has 0 aliphatic carbocycles. The lowest BCUT2D eigenvalue weighted by atomic mass is 10.1. The monoisotopic (exact) mass is 440 g/mol. The van der Waals surface area contributed by atoms with E-state index in [1.807, 2.05) is 13.8 Å². The molecule has 1 aliphatic rings. The van der Waals surface area contributed by atoms with E-state index >= 15 is 0 Å². The summed E-state index contributed by atoms with van der Waals surface area (Å²) in [5.41, 5.74) is 1.74. The van der Waals surface area contributed by atoms with E-state index in [2.05, 4.69) is 10.4 Å². The number of sulfone groups is 1. The van der Waals surface area contributed by atoms with E-state index in [0.717, 1.165) is 5.69 Å². The number of benzene rings is 1. The van der Waals surface area contributed by atoms with Gasteiger partial charge in [-0.15, -0.1) is 0 Å². The summed E-state index contributed by atoms with van der Waals surface area (Å²) in [6, 6.07) is 7.33. The molecule has 2 aromatic rings. The number of amides is 1. The van der Waals surface area contributed by atoms with Crippen molar-refractivity contribution in [3.05, 3.63) is 47.3 Å². The standard InChI is InChI=1S/C18H24N4O5S2/c1-12(2)17-9-16(21-22(17)14-7-8-28(24,25)11-14)18(23)20-10-13-3-5-15(6-4-13)29(19,26)27/h3-6,9,12,14H,7-8,10-11H2,1-2H3,(H,20,23)(H2,19,26,27)/t14-/m1/s1. The molecular formula is C18H24N4O5S2. The predicted octanol–water partition coefficient (Wildman–Crippen LogP) is 0.944. The van der Waals surface area contributed by atoms with Gasteiger partial charge in [0.2, 0.25) is 10.0 Å². The van der Waals surface area contributed by atoms with Gasteiger partial charge in [0.05, 0.1) is 22.4 Å². The van der Waals surface area contributed by atoms with Gasteiger partial charge in [0.1, 0.15) is 5.69 Å². The van der Waals surface area contributed by atoms with Gasteiger partial charge < -0.3 is 5.32 Å². The Morgan fingerprint density at radius 1 is 1.31 bits per heavy atom. The van der Waals surface area contributed by atoms with Crippen LogP contribution in [0, 0.1) is 0 Å². The number of sulfonamides is 1. The molecule has 2 heterocycles. The van der Waals surface area contributed by atoms with Crippen LogP contribution in [0.15, 0.2) is 35.2 Å². The Morgan fingerprint density at radius 2 is 1.97 bits per heavy atom. The van der Waals surface area contributed by atoms with Crippen LogP contribution in [-0.2, 0) is 26.4 Å². The van der Waals surface area contributed by atoms with Gasteiger partial charge in [-0.2, -0.15) is 5.10 Å². The predicted molar refractivity (Wildman–Crippen MR) is 108 cm³/mol. The highest BCUT2D eigenvalue weighted by Crippen LogP contribution is 2.28. The van der Waals surface area contributed by atoms with Crippen LogP contribution in [0.3, 0.4) is 0 Å². The zero-order chi connectivity index (χ0) is 21.4. The van der Waals surface area contributed by atoms with Crippen LogP contribution in [0.2, 0.25) is 0 Å². The molecule has 1 atom stereocenters. The first-order valence-electron chi connectivity index (χ1n) is 9.16. The molecule has 1 amide bonds. The number of aromatic nitrogens is 2. The molecule has 9 nitrogen and oxygen atoms in total. The molecular weight excluding hydrogens is 416 g/mol. The molecule has 1 aromatic heterocycles. The van der Waals surface area contributed by atoms with Crippen molar-refractivity contribution < 1.29 is 21.6 Å². The Balaban J connectivity index is 1.73. The molecule has 0 spiro atoms. The summed E-state index contributed by atoms with van der Waals surface area (Å²) >= 11 is 0. The van der Waals surface area contributed by atoms with Gasteiger partial charge in [-0.25, -0.2) is 22.0 Å². The minimum Gasteiger partial charge on any atom is -0.347 e. The highest BCUT2D eigenvalue weighted by Gasteiger charge is 2.32. The molecule has 1 aromatic carbocycles. The number of carbonyl (C=O) groups excluding carboxylic acids is 1. The number of primary sulfonamides is 1. The third-order valence-corrected chi connectivity index (χ3v) is 7.53. The second-order valence-electron chi connectivity index (χ2n) is 7.48. The van der Waals surface area contributed by atoms with Crippen LogP contribution >= 0.6 is 0 Å². The van der Waals surface area contributed by atoms with Crippen molar-refractivity contribution >= 4 is 25.8 Å². The number of nitrogens with two attached hydrogens (primary N) is 1. The fraction of sp³-hybridized carbons (Fsp3) is 0.444. The smallest absolute Gasteiger partial charge is 0.272 e. The third-order valence-electron chi connectivity index (χ3n) is 4.85. The number of nitrogens with zero attached hydrogens (tertiary/aromatic N) is 2. The summed E-state index contributed by atoms with van der Waals surface area (Å²) in [5.74, 6) is -0.142. The zero-order valence-electron chi connectivity index (χ0n) is 16.2. The van der Waals surface area contributed by atoms with Crippen molar-refractivity contribution in [3.63, 3.8) is 0 Å². The summed E-state index contributed by atoms with van der Waals surface area (Å²) in [5, 5.41) is 12.2. The van der Waals surface area contributed by atoms with Crippen LogP contribution in [-0.4, -0.2) is 44.0 Å². The first-order valence-corrected chi connectivity index (χ1v) is 12.5. The van der Waals surface area contributed by atoms with Crippen molar-refractivity contribution in [2.75, 3.05) is 11.5 Å². The SMILES string of the molecule is CC(C)c1cc(C(=O)NCc2ccc(S(N)(=O)=O)cc2)nn1[C@@H]1CCS(=O)(=O)C1. The lowest BCUT2D eigenvalue weighted by Gasteiger charge is -2.15. The van der Waals surface area contributed by atoms with E-state index in [0.29, 0.717) is 12.0 Å². The van der Waals surface area contributed by atoms with Crippen molar-refractivity contribution in [1.82, 2.24) is 15.1 Å². The zero-order valence-corrected chi connectivity index (χ0v) is 17.8. The van der Waals surface area contributed by atoms with Crippen LogP contribution in [0.5, 0.6) is 0 Å². The van der Waals surface area contributed by atoms with Crippen LogP contribution in [0.4, 0.5) is 0 Å². The molecule has 0 unspecified atom stereocenters. The maximum Gasteiger partial charge on any atom is 0.272 e. The summed E-state index contributed by atoms with van der Waals surface area (Å²) in [4.78, 5) is 12.6. The molecule has 158 valence electrons. The Labute approximate surface area is 170 Å². The van der Waals surface area contributed by atoms with Gasteiger partial charge in [0, 0.05) is 12.2 Å². The first kappa shape index (κ1) is 21.5. The lowest BCUT2D eigenvalue weighted by molar-refractivity contribution is 0.0944. The molecule has 3 rings (SSSR count). The number of rotatable bonds is 6. The molecule has 0 radical (unpaired) electrons. The van der Waals surface area contributed by atoms with Crippen molar-refractivity contribution in [2.24, 2.45) is 5.14 Å². The van der Waals surface area contributed by atoms with Gasteiger partial charge >= 0.3 is 0 Å². The van der Waals surface area contributed by atoms with E-state index in [9.17, 15) is 21.6 Å². The van der Waals surface area contributed by atoms with E-state index < -0.39 is 19.9 Å². The summed E-state index contributed by atoms with van der Waals surface area (Å²) in [7, 11) is -6.83. The first-order chi connectivity index (χ1) is 13.5. The second-order valence-corrected chi connectivity index (χ2v) is 11.3. The molecule has 0 saturated carbocycles. The summed E-state index contributed by atoms with van der Waals surface area (Å²) < 4.78 is 47.9. The van der Waals surface area contributed by atoms with Crippen LogP contribution < -0.4 is 10.5 Å². The van der Waals surface area contributed by atoms with E-state index in [4.69, 9.17) is 5.14 Å². The molecule has 0 bridgehead atoms. The normalized spacial score (nSPS) is 18.8. The van der Waals surface area contributed by atoms with Crippen molar-refractivity contribution in [1.29, 1.82) is 0 Å². The van der Waals surface area contributed by atoms with Crippen LogP contribution in [0.25, 0.3) is 0 Å². The maximum atomic E-state index is 12.6. The third kappa shape index (κ3) is 5.03. The maximum absolute atomic E-state index is 12.6. The largest absolute Gasteiger partial charge is 0.347 e. The fourth-order valence-corrected chi connectivity index (χ4v) is 5.49. The van der Waals surface area contributed by atoms with E-state index in [1.165, 1.54) is 12.1 Å². The Kier molecular flexibility index (Phi) is 5.84. The molecule has 3 N–H and O–H groups in total. The van der Waals surface area contributed by atoms with E-state index in [-0.39, 0.29) is 46.5 Å². The lowest BCUT2D eigenvalue weighted by Crippen LogP contribution is -2.24. The quantitative estimate of drug-likeness (QED) is 0.685. The Hall–Kier alpha value is -2.24. The second kappa shape index (κ2) is 7.88. The Morgan fingerprint density at radius 3 is 2.48 bits per heavy atom. The number of nitrogens with one attached hydrogen (secondary N) is 1. The summed E-state index contributed by atoms with van der Waals surface area (Å²) in [6.07, 6.45) is 0.487. The topological polar surface area (TPSA) is 141 Å². The molecule has 1 aliphatic heterocycles. The van der Waals surface area contributed by atoms with E-state index in [1.54, 1.807) is 22.9 Å². The van der Waals surface area contributed by atoms with Gasteiger partial charge in [-0.3, -0.25) is 9.48 Å². The average molecular weight is 441 g/mol. The molecule has 1 saturated heterocycles. The minimum absolute atomic E-state index is 0.000546. The number of hydrogen-bond donors (Lipinski definition) is 2. The van der Waals surface area contributed by atoms with Crippen molar-refractivity contribution in [2.45, 2.75) is 43.7 Å². The highest BCUT2D eigenvalue weighted by molar-refractivity contribution is 7.91. The Bertz CT molecular complexity index is 1120. The average Bonchev–Trinajstić information content (AvgIpc) is 3.22. The summed E-state index contributed by atoms with van der Waals surface area (Å²) in [6.45, 7) is 4.11. The molecule has 11 heteroatoms. The van der Waals surface area contributed by atoms with Crippen molar-refractivity contribution in [3.8, 4) is 0 Å². The van der Waals surface area contributed by atoms with Gasteiger partial charge in [-0.1, -0.05) is 26.0 Å². The highest BCUT2D eigenvalue weighted by atomic mass is 32.2.